The number of carbonyl (C=O) groups excluding carboxylic acids is 1. The molecule has 0 aromatic heterocycles. The van der Waals surface area contributed by atoms with Gasteiger partial charge in [0.05, 0.1) is 4.47 Å². The fourth-order valence-corrected chi connectivity index (χ4v) is 2.45. The number of halogens is 2. The maximum absolute atomic E-state index is 12.3. The Morgan fingerprint density at radius 2 is 1.77 bits per heavy atom. The van der Waals surface area contributed by atoms with Crippen molar-refractivity contribution in [3.8, 4) is 11.5 Å². The van der Waals surface area contributed by atoms with Gasteiger partial charge in [-0.05, 0) is 78.7 Å². The lowest BCUT2D eigenvalue weighted by molar-refractivity contribution is -0.149. The van der Waals surface area contributed by atoms with Gasteiger partial charge in [0.15, 0.2) is 0 Å². The number of benzene rings is 2. The Bertz CT molecular complexity index is 681. The van der Waals surface area contributed by atoms with Crippen LogP contribution in [0.15, 0.2) is 46.9 Å². The van der Waals surface area contributed by atoms with E-state index < -0.39 is 11.6 Å². The molecule has 2 aromatic carbocycles. The first kappa shape index (κ1) is 16.8. The molecule has 3 nitrogen and oxygen atoms in total. The summed E-state index contributed by atoms with van der Waals surface area (Å²) in [4.78, 5) is 12.3. The summed E-state index contributed by atoms with van der Waals surface area (Å²) in [7, 11) is 0. The number of esters is 1. The van der Waals surface area contributed by atoms with Crippen molar-refractivity contribution in [2.75, 3.05) is 0 Å². The lowest BCUT2D eigenvalue weighted by Gasteiger charge is -2.24. The molecule has 0 N–H and O–H groups in total. The summed E-state index contributed by atoms with van der Waals surface area (Å²) in [6.07, 6.45) is 0. The van der Waals surface area contributed by atoms with E-state index in [4.69, 9.17) is 21.1 Å². The largest absolute Gasteiger partial charge is 0.476 e. The number of rotatable bonds is 4. The van der Waals surface area contributed by atoms with E-state index in [-0.39, 0.29) is 0 Å². The average molecular weight is 384 g/mol. The van der Waals surface area contributed by atoms with Gasteiger partial charge in [-0.2, -0.15) is 0 Å². The molecule has 2 rings (SSSR count). The topological polar surface area (TPSA) is 35.5 Å². The maximum Gasteiger partial charge on any atom is 0.355 e. The van der Waals surface area contributed by atoms with Crippen LogP contribution in [0, 0.1) is 6.92 Å². The summed E-state index contributed by atoms with van der Waals surface area (Å²) >= 11 is 9.21. The highest BCUT2D eigenvalue weighted by Crippen LogP contribution is 2.28. The van der Waals surface area contributed by atoms with Gasteiger partial charge in [-0.15, -0.1) is 0 Å². The second kappa shape index (κ2) is 6.71. The highest BCUT2D eigenvalue weighted by atomic mass is 79.9. The second-order valence-corrected chi connectivity index (χ2v) is 6.68. The summed E-state index contributed by atoms with van der Waals surface area (Å²) in [6, 6.07) is 12.3. The quantitative estimate of drug-likeness (QED) is 0.539. The second-order valence-electron chi connectivity index (χ2n) is 5.39. The number of ether oxygens (including phenoxy) is 2. The maximum atomic E-state index is 12.3. The van der Waals surface area contributed by atoms with Crippen molar-refractivity contribution in [1.82, 2.24) is 0 Å². The third kappa shape index (κ3) is 4.24. The van der Waals surface area contributed by atoms with Gasteiger partial charge in [0.1, 0.15) is 11.5 Å². The van der Waals surface area contributed by atoms with Crippen molar-refractivity contribution >= 4 is 33.5 Å². The van der Waals surface area contributed by atoms with Crippen LogP contribution in [0.2, 0.25) is 5.02 Å². The molecule has 0 aliphatic rings. The lowest BCUT2D eigenvalue weighted by Crippen LogP contribution is -2.41. The zero-order chi connectivity index (χ0) is 16.3. The van der Waals surface area contributed by atoms with Crippen molar-refractivity contribution in [3.05, 3.63) is 57.5 Å². The fraction of sp³-hybridized carbons (Fsp3) is 0.235. The lowest BCUT2D eigenvalue weighted by atomic mass is 10.1. The van der Waals surface area contributed by atoms with Gasteiger partial charge in [-0.1, -0.05) is 17.7 Å². The van der Waals surface area contributed by atoms with Gasteiger partial charge in [0, 0.05) is 5.02 Å². The van der Waals surface area contributed by atoms with Crippen LogP contribution in [0.1, 0.15) is 19.4 Å². The minimum absolute atomic E-state index is 0.461. The summed E-state index contributed by atoms with van der Waals surface area (Å²) in [5, 5.41) is 0.608. The van der Waals surface area contributed by atoms with Gasteiger partial charge in [-0.3, -0.25) is 0 Å². The smallest absolute Gasteiger partial charge is 0.355 e. The summed E-state index contributed by atoms with van der Waals surface area (Å²) in [5.41, 5.74) is -0.0543. The molecule has 0 heterocycles. The molecule has 22 heavy (non-hydrogen) atoms. The number of hydrogen-bond acceptors (Lipinski definition) is 3. The standard InChI is InChI=1S/C17H16BrClO3/c1-11-4-9-15(14(18)10-11)21-16(20)17(2,3)22-13-7-5-12(19)6-8-13/h4-10H,1-3H3. The van der Waals surface area contributed by atoms with Crippen molar-refractivity contribution in [2.24, 2.45) is 0 Å². The normalized spacial score (nSPS) is 11.1. The molecule has 0 spiro atoms. The average Bonchev–Trinajstić information content (AvgIpc) is 2.44. The molecule has 0 aliphatic heterocycles. The zero-order valence-electron chi connectivity index (χ0n) is 12.5. The predicted octanol–water partition coefficient (Wildman–Crippen LogP) is 5.17. The molecule has 0 amide bonds. The molecule has 0 bridgehead atoms. The molecule has 0 unspecified atom stereocenters. The molecular weight excluding hydrogens is 368 g/mol. The molecule has 0 aliphatic carbocycles. The first-order valence-corrected chi connectivity index (χ1v) is 7.88. The Kier molecular flexibility index (Phi) is 5.14. The molecule has 0 radical (unpaired) electrons. The van der Waals surface area contributed by atoms with Crippen molar-refractivity contribution in [3.63, 3.8) is 0 Å². The van der Waals surface area contributed by atoms with E-state index in [1.807, 2.05) is 19.1 Å². The molecular formula is C17H16BrClO3. The van der Waals surface area contributed by atoms with Gasteiger partial charge in [0.25, 0.3) is 0 Å². The van der Waals surface area contributed by atoms with Gasteiger partial charge in [0.2, 0.25) is 5.60 Å². The minimum atomic E-state index is -1.13. The third-order valence-electron chi connectivity index (χ3n) is 2.97. The summed E-state index contributed by atoms with van der Waals surface area (Å²) in [5.74, 6) is 0.532. The van der Waals surface area contributed by atoms with Crippen molar-refractivity contribution < 1.29 is 14.3 Å². The van der Waals surface area contributed by atoms with Crippen LogP contribution in [0.3, 0.4) is 0 Å². The number of hydrogen-bond donors (Lipinski definition) is 0. The van der Waals surface area contributed by atoms with Crippen molar-refractivity contribution in [2.45, 2.75) is 26.4 Å². The molecule has 116 valence electrons. The van der Waals surface area contributed by atoms with E-state index in [0.717, 1.165) is 10.0 Å². The Hall–Kier alpha value is -1.52. The Labute approximate surface area is 143 Å². The Morgan fingerprint density at radius 1 is 1.14 bits per heavy atom. The summed E-state index contributed by atoms with van der Waals surface area (Å²) < 4.78 is 11.9. The first-order valence-electron chi connectivity index (χ1n) is 6.71. The van der Waals surface area contributed by atoms with Crippen LogP contribution in [0.5, 0.6) is 11.5 Å². The molecule has 5 heteroatoms. The van der Waals surface area contributed by atoms with Crippen LogP contribution in [0.4, 0.5) is 0 Å². The Morgan fingerprint density at radius 3 is 2.36 bits per heavy atom. The van der Waals surface area contributed by atoms with E-state index in [1.54, 1.807) is 44.2 Å². The molecule has 0 saturated carbocycles. The van der Waals surface area contributed by atoms with Crippen molar-refractivity contribution in [1.29, 1.82) is 0 Å². The van der Waals surface area contributed by atoms with Gasteiger partial charge < -0.3 is 9.47 Å². The number of carbonyl (C=O) groups is 1. The minimum Gasteiger partial charge on any atom is -0.476 e. The fourth-order valence-electron chi connectivity index (χ4n) is 1.75. The predicted molar refractivity (Wildman–Crippen MR) is 90.7 cm³/mol. The van der Waals surface area contributed by atoms with E-state index in [2.05, 4.69) is 15.9 Å². The Balaban J connectivity index is 2.11. The van der Waals surface area contributed by atoms with Gasteiger partial charge in [-0.25, -0.2) is 4.79 Å². The van der Waals surface area contributed by atoms with E-state index in [1.165, 1.54) is 0 Å². The molecule has 0 atom stereocenters. The zero-order valence-corrected chi connectivity index (χ0v) is 14.9. The van der Waals surface area contributed by atoms with Crippen LogP contribution >= 0.6 is 27.5 Å². The summed E-state index contributed by atoms with van der Waals surface area (Å²) in [6.45, 7) is 5.28. The third-order valence-corrected chi connectivity index (χ3v) is 3.84. The van der Waals surface area contributed by atoms with Crippen LogP contribution in [0.25, 0.3) is 0 Å². The monoisotopic (exact) mass is 382 g/mol. The van der Waals surface area contributed by atoms with Gasteiger partial charge >= 0.3 is 5.97 Å². The first-order chi connectivity index (χ1) is 10.3. The molecule has 0 fully saturated rings. The highest BCUT2D eigenvalue weighted by molar-refractivity contribution is 9.10. The van der Waals surface area contributed by atoms with Crippen LogP contribution < -0.4 is 9.47 Å². The highest BCUT2D eigenvalue weighted by Gasteiger charge is 2.32. The van der Waals surface area contributed by atoms with E-state index in [9.17, 15) is 4.79 Å². The number of aryl methyl sites for hydroxylation is 1. The molecule has 0 saturated heterocycles. The van der Waals surface area contributed by atoms with Crippen LogP contribution in [-0.4, -0.2) is 11.6 Å². The van der Waals surface area contributed by atoms with Crippen LogP contribution in [-0.2, 0) is 4.79 Å². The molecule has 2 aromatic rings. The SMILES string of the molecule is Cc1ccc(OC(=O)C(C)(C)Oc2ccc(Cl)cc2)c(Br)c1. The van der Waals surface area contributed by atoms with E-state index >= 15 is 0 Å². The van der Waals surface area contributed by atoms with E-state index in [0.29, 0.717) is 16.5 Å².